The van der Waals surface area contributed by atoms with Crippen LogP contribution < -0.4 is 20.5 Å². The third-order valence-corrected chi connectivity index (χ3v) is 6.08. The summed E-state index contributed by atoms with van der Waals surface area (Å²) in [5.41, 5.74) is 8.80. The van der Waals surface area contributed by atoms with E-state index in [-0.39, 0.29) is 12.3 Å². The van der Waals surface area contributed by atoms with Crippen LogP contribution in [-0.4, -0.2) is 36.2 Å². The number of carboxylic acid groups (broad SMARTS) is 1. The fourth-order valence-electron chi connectivity index (χ4n) is 4.43. The summed E-state index contributed by atoms with van der Waals surface area (Å²) in [4.78, 5) is 23.5. The highest BCUT2D eigenvalue weighted by Gasteiger charge is 2.44. The molecule has 0 aliphatic heterocycles. The van der Waals surface area contributed by atoms with Crippen molar-refractivity contribution in [3.63, 3.8) is 0 Å². The molecule has 0 spiro atoms. The van der Waals surface area contributed by atoms with Gasteiger partial charge in [-0.05, 0) is 34.4 Å². The van der Waals surface area contributed by atoms with Gasteiger partial charge < -0.3 is 25.6 Å². The number of methoxy groups -OCH3 is 1. The summed E-state index contributed by atoms with van der Waals surface area (Å²) in [5, 5.41) is 13.3. The Kier molecular flexibility index (Phi) is 6.72. The first-order valence-electron chi connectivity index (χ1n) is 11.1. The molecule has 0 bridgehead atoms. The number of nitrogens with two attached hydrogens (primary N) is 1. The highest BCUT2D eigenvalue weighted by molar-refractivity contribution is 5.85. The number of fused-ring (bicyclic) bond motifs is 1. The normalized spacial score (nSPS) is 13.7. The molecule has 0 saturated heterocycles. The Hall–Kier alpha value is -4.00. The lowest BCUT2D eigenvalue weighted by atomic mass is 9.95. The van der Waals surface area contributed by atoms with Crippen LogP contribution in [0.2, 0.25) is 0 Å². The predicted octanol–water partition coefficient (Wildman–Crippen LogP) is 3.38. The van der Waals surface area contributed by atoms with Crippen molar-refractivity contribution in [2.24, 2.45) is 5.73 Å². The van der Waals surface area contributed by atoms with E-state index in [0.29, 0.717) is 43.1 Å². The van der Waals surface area contributed by atoms with Crippen molar-refractivity contribution in [2.75, 3.05) is 19.0 Å². The number of carbonyl (C=O) groups excluding carboxylic acids is 1. The van der Waals surface area contributed by atoms with Crippen molar-refractivity contribution in [2.45, 2.75) is 31.2 Å². The van der Waals surface area contributed by atoms with Crippen LogP contribution in [0.4, 0.5) is 5.69 Å². The molecule has 1 aliphatic rings. The molecule has 34 heavy (non-hydrogen) atoms. The van der Waals surface area contributed by atoms with E-state index in [9.17, 15) is 14.7 Å². The van der Waals surface area contributed by atoms with Crippen molar-refractivity contribution >= 4 is 17.6 Å². The molecule has 7 nitrogen and oxygen atoms in total. The lowest BCUT2D eigenvalue weighted by Gasteiger charge is -2.27. The van der Waals surface area contributed by atoms with Crippen LogP contribution in [0.1, 0.15) is 22.3 Å². The van der Waals surface area contributed by atoms with E-state index in [1.165, 1.54) is 0 Å². The first kappa shape index (κ1) is 23.2. The number of benzene rings is 3. The molecule has 176 valence electrons. The molecular weight excluding hydrogens is 432 g/mol. The van der Waals surface area contributed by atoms with Gasteiger partial charge in [-0.1, -0.05) is 48.5 Å². The van der Waals surface area contributed by atoms with Gasteiger partial charge in [0.05, 0.1) is 20.1 Å². The van der Waals surface area contributed by atoms with E-state index in [2.05, 4.69) is 5.32 Å². The van der Waals surface area contributed by atoms with Gasteiger partial charge in [0.2, 0.25) is 5.91 Å². The molecule has 4 N–H and O–H groups in total. The minimum absolute atomic E-state index is 0.200. The molecule has 4 rings (SSSR count). The number of nitrogens with one attached hydrogen (secondary N) is 1. The van der Waals surface area contributed by atoms with Crippen LogP contribution in [-0.2, 0) is 35.3 Å². The number of anilines is 1. The molecule has 1 aliphatic carbocycles. The smallest absolute Gasteiger partial charge is 0.330 e. The minimum atomic E-state index is -1.11. The van der Waals surface area contributed by atoms with Gasteiger partial charge in [0, 0.05) is 31.0 Å². The zero-order valence-electron chi connectivity index (χ0n) is 19.0. The number of primary amides is 1. The Morgan fingerprint density at radius 1 is 0.971 bits per heavy atom. The second-order valence-electron chi connectivity index (χ2n) is 8.56. The second kappa shape index (κ2) is 9.87. The fourth-order valence-corrected chi connectivity index (χ4v) is 4.43. The third kappa shape index (κ3) is 5.14. The molecule has 3 aromatic rings. The predicted molar refractivity (Wildman–Crippen MR) is 129 cm³/mol. The maximum absolute atomic E-state index is 12.3. The Morgan fingerprint density at radius 2 is 1.68 bits per heavy atom. The number of carbonyl (C=O) groups is 2. The average Bonchev–Trinajstić information content (AvgIpc) is 3.19. The molecule has 1 amide bonds. The van der Waals surface area contributed by atoms with Crippen LogP contribution in [0.5, 0.6) is 11.5 Å². The SMILES string of the molecule is COc1ccc(NC2(C(=O)O)Cc3ccccc3C2)cc1OCCc1cccc(CC(N)=O)c1. The van der Waals surface area contributed by atoms with E-state index in [1.807, 2.05) is 48.5 Å². The molecule has 0 saturated carbocycles. The van der Waals surface area contributed by atoms with Gasteiger partial charge in [-0.25, -0.2) is 4.79 Å². The van der Waals surface area contributed by atoms with Gasteiger partial charge in [0.25, 0.3) is 0 Å². The Bertz CT molecular complexity index is 1180. The summed E-state index contributed by atoms with van der Waals surface area (Å²) in [6, 6.07) is 20.8. The zero-order valence-corrected chi connectivity index (χ0v) is 19.0. The number of amides is 1. The first-order valence-corrected chi connectivity index (χ1v) is 11.1. The lowest BCUT2D eigenvalue weighted by molar-refractivity contribution is -0.142. The number of ether oxygens (including phenoxy) is 2. The highest BCUT2D eigenvalue weighted by atomic mass is 16.5. The fraction of sp³-hybridized carbons (Fsp3) is 0.259. The van der Waals surface area contributed by atoms with Gasteiger partial charge >= 0.3 is 5.97 Å². The summed E-state index contributed by atoms with van der Waals surface area (Å²) in [7, 11) is 1.56. The number of hydrogen-bond acceptors (Lipinski definition) is 5. The van der Waals surface area contributed by atoms with E-state index in [1.54, 1.807) is 25.3 Å². The van der Waals surface area contributed by atoms with Crippen LogP contribution in [0.3, 0.4) is 0 Å². The molecule has 3 aromatic carbocycles. The van der Waals surface area contributed by atoms with Crippen LogP contribution >= 0.6 is 0 Å². The summed E-state index contributed by atoms with van der Waals surface area (Å²) >= 11 is 0. The standard InChI is InChI=1S/C27H28N2O5/c1-33-23-10-9-22(29-27(26(31)32)16-20-7-2-3-8-21(20)17-27)15-24(23)34-12-11-18-5-4-6-19(13-18)14-25(28)30/h2-10,13,15,29H,11-12,14,16-17H2,1H3,(H2,28,30)(H,31,32). The molecule has 0 unspecified atom stereocenters. The Balaban J connectivity index is 1.47. The van der Waals surface area contributed by atoms with Crippen molar-refractivity contribution < 1.29 is 24.2 Å². The maximum Gasteiger partial charge on any atom is 0.330 e. The number of carboxylic acids is 1. The summed E-state index contributed by atoms with van der Waals surface area (Å²) < 4.78 is 11.4. The van der Waals surface area contributed by atoms with Crippen LogP contribution in [0.15, 0.2) is 66.7 Å². The quantitative estimate of drug-likeness (QED) is 0.428. The van der Waals surface area contributed by atoms with Crippen LogP contribution in [0.25, 0.3) is 0 Å². The Labute approximate surface area is 198 Å². The zero-order chi connectivity index (χ0) is 24.1. The van der Waals surface area contributed by atoms with Crippen molar-refractivity contribution in [1.82, 2.24) is 0 Å². The average molecular weight is 461 g/mol. The van der Waals surface area contributed by atoms with Gasteiger partial charge in [0.1, 0.15) is 5.54 Å². The number of rotatable bonds is 10. The lowest BCUT2D eigenvalue weighted by Crippen LogP contribution is -2.47. The maximum atomic E-state index is 12.3. The summed E-state index contributed by atoms with van der Waals surface area (Å²) in [6.07, 6.45) is 1.64. The van der Waals surface area contributed by atoms with Crippen molar-refractivity contribution in [1.29, 1.82) is 0 Å². The largest absolute Gasteiger partial charge is 0.493 e. The van der Waals surface area contributed by atoms with E-state index in [4.69, 9.17) is 15.2 Å². The molecule has 0 aromatic heterocycles. The number of hydrogen-bond donors (Lipinski definition) is 3. The first-order chi connectivity index (χ1) is 16.4. The summed E-state index contributed by atoms with van der Waals surface area (Å²) in [5.74, 6) is -0.172. The van der Waals surface area contributed by atoms with E-state index >= 15 is 0 Å². The molecular formula is C27H28N2O5. The molecule has 0 atom stereocenters. The van der Waals surface area contributed by atoms with Gasteiger partial charge in [0.15, 0.2) is 11.5 Å². The number of aliphatic carboxylic acids is 1. The van der Waals surface area contributed by atoms with Crippen molar-refractivity contribution in [3.05, 3.63) is 89.0 Å². The molecule has 0 fully saturated rings. The molecule has 0 radical (unpaired) electrons. The molecule has 7 heteroatoms. The van der Waals surface area contributed by atoms with Crippen LogP contribution in [0, 0.1) is 0 Å². The van der Waals surface area contributed by atoms with E-state index < -0.39 is 11.5 Å². The monoisotopic (exact) mass is 460 g/mol. The highest BCUT2D eigenvalue weighted by Crippen LogP contribution is 2.36. The van der Waals surface area contributed by atoms with Gasteiger partial charge in [-0.3, -0.25) is 4.79 Å². The van der Waals surface area contributed by atoms with Gasteiger partial charge in [-0.15, -0.1) is 0 Å². The Morgan fingerprint density at radius 3 is 2.32 bits per heavy atom. The van der Waals surface area contributed by atoms with Gasteiger partial charge in [-0.2, -0.15) is 0 Å². The molecule has 0 heterocycles. The van der Waals surface area contributed by atoms with E-state index in [0.717, 1.165) is 22.3 Å². The minimum Gasteiger partial charge on any atom is -0.493 e. The third-order valence-electron chi connectivity index (χ3n) is 6.08. The van der Waals surface area contributed by atoms with Crippen molar-refractivity contribution in [3.8, 4) is 11.5 Å². The second-order valence-corrected chi connectivity index (χ2v) is 8.56. The summed E-state index contributed by atoms with van der Waals surface area (Å²) in [6.45, 7) is 0.384. The topological polar surface area (TPSA) is 111 Å².